The average molecular weight is 404 g/mol. The molecule has 1 aromatic heterocycles. The maximum Gasteiger partial charge on any atom is 0.305 e. The second kappa shape index (κ2) is 6.78. The van der Waals surface area contributed by atoms with Crippen molar-refractivity contribution >= 4 is 37.3 Å². The number of H-pyrrole nitrogens is 1. The Morgan fingerprint density at radius 3 is 2.52 bits per heavy atom. The molecule has 1 aliphatic rings. The molecule has 8 heteroatoms. The second-order valence-electron chi connectivity index (χ2n) is 6.78. The Morgan fingerprint density at radius 1 is 1.04 bits per heavy atom. The van der Waals surface area contributed by atoms with Crippen molar-refractivity contribution in [2.45, 2.75) is 18.7 Å². The Bertz CT molecular complexity index is 1160. The molecule has 6 nitrogen and oxygen atoms in total. The summed E-state index contributed by atoms with van der Waals surface area (Å²) in [5.74, 6) is 0. The van der Waals surface area contributed by atoms with Gasteiger partial charge in [-0.05, 0) is 49.2 Å². The SMILES string of the molecule is Cc1cccc(N2CCN(S(=O)(=O)c3ccc4[nH]c(=O)sc4c3)CC2)c1C. The molecule has 27 heavy (non-hydrogen) atoms. The van der Waals surface area contributed by atoms with Crippen LogP contribution in [0.2, 0.25) is 0 Å². The number of hydrogen-bond donors (Lipinski definition) is 1. The summed E-state index contributed by atoms with van der Waals surface area (Å²) >= 11 is 1.03. The first kappa shape index (κ1) is 18.2. The number of benzene rings is 2. The first-order valence-corrected chi connectivity index (χ1v) is 11.1. The van der Waals surface area contributed by atoms with Crippen molar-refractivity contribution in [3.05, 3.63) is 57.2 Å². The number of nitrogens with zero attached hydrogens (tertiary/aromatic N) is 2. The lowest BCUT2D eigenvalue weighted by Crippen LogP contribution is -2.48. The summed E-state index contributed by atoms with van der Waals surface area (Å²) in [5.41, 5.74) is 4.32. The lowest BCUT2D eigenvalue weighted by Gasteiger charge is -2.36. The summed E-state index contributed by atoms with van der Waals surface area (Å²) in [6.45, 7) is 6.39. The number of aromatic amines is 1. The number of aromatic nitrogens is 1. The highest BCUT2D eigenvalue weighted by Gasteiger charge is 2.29. The van der Waals surface area contributed by atoms with Crippen LogP contribution in [0.1, 0.15) is 11.1 Å². The van der Waals surface area contributed by atoms with E-state index in [0.717, 1.165) is 11.3 Å². The number of fused-ring (bicyclic) bond motifs is 1. The van der Waals surface area contributed by atoms with E-state index >= 15 is 0 Å². The van der Waals surface area contributed by atoms with Crippen LogP contribution in [0, 0.1) is 13.8 Å². The smallest absolute Gasteiger partial charge is 0.305 e. The van der Waals surface area contributed by atoms with Crippen molar-refractivity contribution in [2.24, 2.45) is 0 Å². The first-order valence-electron chi connectivity index (χ1n) is 8.80. The van der Waals surface area contributed by atoms with Crippen LogP contribution in [-0.2, 0) is 10.0 Å². The van der Waals surface area contributed by atoms with Crippen molar-refractivity contribution in [1.82, 2.24) is 9.29 Å². The minimum absolute atomic E-state index is 0.179. The van der Waals surface area contributed by atoms with Gasteiger partial charge in [0.25, 0.3) is 0 Å². The molecule has 3 aromatic rings. The fourth-order valence-corrected chi connectivity index (χ4v) is 5.78. The summed E-state index contributed by atoms with van der Waals surface area (Å²) in [6, 6.07) is 11.0. The van der Waals surface area contributed by atoms with Gasteiger partial charge >= 0.3 is 4.87 Å². The minimum Gasteiger partial charge on any atom is -0.369 e. The summed E-state index contributed by atoms with van der Waals surface area (Å²) < 4.78 is 28.2. The van der Waals surface area contributed by atoms with E-state index in [1.165, 1.54) is 21.1 Å². The summed E-state index contributed by atoms with van der Waals surface area (Å²) in [7, 11) is -3.57. The summed E-state index contributed by atoms with van der Waals surface area (Å²) in [6.07, 6.45) is 0. The fraction of sp³-hybridized carbons (Fsp3) is 0.316. The second-order valence-corrected chi connectivity index (χ2v) is 9.74. The highest BCUT2D eigenvalue weighted by Crippen LogP contribution is 2.27. The molecule has 2 aromatic carbocycles. The molecule has 0 amide bonds. The van der Waals surface area contributed by atoms with Gasteiger partial charge in [-0.3, -0.25) is 4.79 Å². The molecule has 142 valence electrons. The molecule has 4 rings (SSSR count). The van der Waals surface area contributed by atoms with Crippen LogP contribution in [0.3, 0.4) is 0 Å². The van der Waals surface area contributed by atoms with Crippen LogP contribution >= 0.6 is 11.3 Å². The number of anilines is 1. The van der Waals surface area contributed by atoms with Crippen LogP contribution in [0.25, 0.3) is 10.2 Å². The normalized spacial score (nSPS) is 16.1. The zero-order valence-corrected chi connectivity index (χ0v) is 16.9. The minimum atomic E-state index is -3.57. The number of thiazole rings is 1. The van der Waals surface area contributed by atoms with Crippen molar-refractivity contribution < 1.29 is 8.42 Å². The van der Waals surface area contributed by atoms with E-state index in [1.54, 1.807) is 18.2 Å². The largest absolute Gasteiger partial charge is 0.369 e. The third-order valence-electron chi connectivity index (χ3n) is 5.19. The van der Waals surface area contributed by atoms with Gasteiger partial charge in [0.2, 0.25) is 10.0 Å². The third kappa shape index (κ3) is 3.28. The van der Waals surface area contributed by atoms with Gasteiger partial charge in [-0.1, -0.05) is 23.5 Å². The summed E-state index contributed by atoms with van der Waals surface area (Å²) in [5, 5.41) is 0. The van der Waals surface area contributed by atoms with Crippen LogP contribution < -0.4 is 9.77 Å². The zero-order valence-electron chi connectivity index (χ0n) is 15.2. The number of aryl methyl sites for hydroxylation is 1. The highest BCUT2D eigenvalue weighted by molar-refractivity contribution is 7.89. The number of sulfonamides is 1. The van der Waals surface area contributed by atoms with Gasteiger partial charge < -0.3 is 9.88 Å². The quantitative estimate of drug-likeness (QED) is 0.730. The van der Waals surface area contributed by atoms with Crippen LogP contribution in [-0.4, -0.2) is 43.9 Å². The van der Waals surface area contributed by atoms with E-state index in [-0.39, 0.29) is 9.77 Å². The molecule has 0 spiro atoms. The molecule has 0 atom stereocenters. The van der Waals surface area contributed by atoms with E-state index in [1.807, 2.05) is 6.07 Å². The Labute approximate surface area is 162 Å². The fourth-order valence-electron chi connectivity index (χ4n) is 3.48. The molecule has 0 radical (unpaired) electrons. The van der Waals surface area contributed by atoms with Gasteiger partial charge in [0.05, 0.1) is 15.1 Å². The molecule has 1 aliphatic heterocycles. The Balaban J connectivity index is 1.55. The Morgan fingerprint density at radius 2 is 1.78 bits per heavy atom. The molecular formula is C19H21N3O3S2. The van der Waals surface area contributed by atoms with E-state index < -0.39 is 10.0 Å². The topological polar surface area (TPSA) is 73.5 Å². The maximum absolute atomic E-state index is 13.0. The highest BCUT2D eigenvalue weighted by atomic mass is 32.2. The van der Waals surface area contributed by atoms with Gasteiger partial charge in [0.15, 0.2) is 0 Å². The van der Waals surface area contributed by atoms with Gasteiger partial charge in [-0.25, -0.2) is 8.42 Å². The van der Waals surface area contributed by atoms with Crippen molar-refractivity contribution in [2.75, 3.05) is 31.1 Å². The van der Waals surface area contributed by atoms with Crippen molar-refractivity contribution in [3.8, 4) is 0 Å². The molecule has 1 fully saturated rings. The molecule has 0 aliphatic carbocycles. The van der Waals surface area contributed by atoms with E-state index in [2.05, 4.69) is 35.9 Å². The molecular weight excluding hydrogens is 382 g/mol. The van der Waals surface area contributed by atoms with E-state index in [9.17, 15) is 13.2 Å². The number of piperazine rings is 1. The molecule has 0 saturated carbocycles. The average Bonchev–Trinajstić information content (AvgIpc) is 3.03. The van der Waals surface area contributed by atoms with Crippen LogP contribution in [0.5, 0.6) is 0 Å². The summed E-state index contributed by atoms with van der Waals surface area (Å²) in [4.78, 5) is 16.5. The maximum atomic E-state index is 13.0. The lowest BCUT2D eigenvalue weighted by atomic mass is 10.1. The van der Waals surface area contributed by atoms with E-state index in [4.69, 9.17) is 0 Å². The predicted octanol–water partition coefficient (Wildman–Crippen LogP) is 2.72. The Kier molecular flexibility index (Phi) is 4.57. The Hall–Kier alpha value is -2.16. The lowest BCUT2D eigenvalue weighted by molar-refractivity contribution is 0.385. The molecule has 2 heterocycles. The number of rotatable bonds is 3. The number of nitrogens with one attached hydrogen (secondary N) is 1. The van der Waals surface area contributed by atoms with Gasteiger partial charge in [-0.2, -0.15) is 4.31 Å². The molecule has 0 bridgehead atoms. The molecule has 1 N–H and O–H groups in total. The predicted molar refractivity (Wildman–Crippen MR) is 109 cm³/mol. The van der Waals surface area contributed by atoms with Gasteiger partial charge in [0, 0.05) is 31.9 Å². The third-order valence-corrected chi connectivity index (χ3v) is 7.93. The standard InChI is InChI=1S/C19H21N3O3S2/c1-13-4-3-5-17(14(13)2)21-8-10-22(11-9-21)27(24,25)15-6-7-16-18(12-15)26-19(23)20-16/h3-7,12H,8-11H2,1-2H3,(H,20,23). The first-order chi connectivity index (χ1) is 12.9. The van der Waals surface area contributed by atoms with Crippen molar-refractivity contribution in [3.63, 3.8) is 0 Å². The monoisotopic (exact) mass is 403 g/mol. The van der Waals surface area contributed by atoms with Gasteiger partial charge in [-0.15, -0.1) is 0 Å². The zero-order chi connectivity index (χ0) is 19.2. The van der Waals surface area contributed by atoms with Gasteiger partial charge in [0.1, 0.15) is 0 Å². The van der Waals surface area contributed by atoms with E-state index in [0.29, 0.717) is 36.4 Å². The molecule has 0 unspecified atom stereocenters. The molecule has 1 saturated heterocycles. The number of hydrogen-bond acceptors (Lipinski definition) is 5. The van der Waals surface area contributed by atoms with Crippen LogP contribution in [0.4, 0.5) is 5.69 Å². The van der Waals surface area contributed by atoms with Crippen LogP contribution in [0.15, 0.2) is 46.1 Å². The van der Waals surface area contributed by atoms with Crippen molar-refractivity contribution in [1.29, 1.82) is 0 Å².